The maximum absolute atomic E-state index is 13.0. The summed E-state index contributed by atoms with van der Waals surface area (Å²) in [4.78, 5) is 0. The highest BCUT2D eigenvalue weighted by Gasteiger charge is 2.27. The Kier molecular flexibility index (Phi) is 3.46. The first-order valence-corrected chi connectivity index (χ1v) is 7.30. The smallest absolute Gasteiger partial charge is 0.300 e. The lowest BCUT2D eigenvalue weighted by Crippen LogP contribution is -2.14. The van der Waals surface area contributed by atoms with Gasteiger partial charge in [-0.3, -0.25) is 4.57 Å². The SMILES string of the molecule is CCn1c(C2CCCCC2)nnc1S(=O)(=O)F. The third-order valence-corrected chi connectivity index (χ3v) is 3.99. The summed E-state index contributed by atoms with van der Waals surface area (Å²) in [6.07, 6.45) is 5.37. The molecule has 1 aromatic heterocycles. The molecule has 5 nitrogen and oxygen atoms in total. The molecule has 1 saturated carbocycles. The van der Waals surface area contributed by atoms with Gasteiger partial charge in [0.2, 0.25) is 0 Å². The van der Waals surface area contributed by atoms with Crippen LogP contribution in [0.5, 0.6) is 0 Å². The average Bonchev–Trinajstić information content (AvgIpc) is 2.73. The van der Waals surface area contributed by atoms with Crippen LogP contribution in [0.3, 0.4) is 0 Å². The highest BCUT2D eigenvalue weighted by Crippen LogP contribution is 2.32. The van der Waals surface area contributed by atoms with Gasteiger partial charge in [-0.15, -0.1) is 10.2 Å². The highest BCUT2D eigenvalue weighted by molar-refractivity contribution is 7.86. The molecule has 1 fully saturated rings. The van der Waals surface area contributed by atoms with Crippen LogP contribution in [0.15, 0.2) is 5.16 Å². The van der Waals surface area contributed by atoms with Gasteiger partial charge in [-0.05, 0) is 19.8 Å². The van der Waals surface area contributed by atoms with Gasteiger partial charge in [0, 0.05) is 12.5 Å². The van der Waals surface area contributed by atoms with E-state index in [1.54, 1.807) is 6.92 Å². The summed E-state index contributed by atoms with van der Waals surface area (Å²) in [5, 5.41) is 6.80. The Bertz CT molecular complexity index is 492. The van der Waals surface area contributed by atoms with Crippen molar-refractivity contribution in [3.05, 3.63) is 5.82 Å². The van der Waals surface area contributed by atoms with Gasteiger partial charge in [0.15, 0.2) is 0 Å². The molecule has 0 saturated heterocycles. The van der Waals surface area contributed by atoms with Crippen molar-refractivity contribution in [3.8, 4) is 0 Å². The zero-order chi connectivity index (χ0) is 12.5. The fraction of sp³-hybridized carbons (Fsp3) is 0.800. The number of rotatable bonds is 3. The standard InChI is InChI=1S/C10H16FN3O2S/c1-2-14-9(8-6-4-3-5-7-8)12-13-10(14)17(11,15)16/h8H,2-7H2,1H3. The molecule has 0 spiro atoms. The quantitative estimate of drug-likeness (QED) is 0.781. The van der Waals surface area contributed by atoms with Crippen LogP contribution in [0.4, 0.5) is 3.89 Å². The number of hydrogen-bond acceptors (Lipinski definition) is 4. The summed E-state index contributed by atoms with van der Waals surface area (Å²) in [5.74, 6) is 0.829. The molecule has 1 aliphatic rings. The molecule has 1 aromatic rings. The van der Waals surface area contributed by atoms with E-state index in [0.717, 1.165) is 25.7 Å². The molecular weight excluding hydrogens is 245 g/mol. The van der Waals surface area contributed by atoms with Crippen LogP contribution >= 0.6 is 0 Å². The minimum absolute atomic E-state index is 0.215. The summed E-state index contributed by atoms with van der Waals surface area (Å²) in [6.45, 7) is 2.14. The highest BCUT2D eigenvalue weighted by atomic mass is 32.3. The van der Waals surface area contributed by atoms with Gasteiger partial charge in [-0.1, -0.05) is 23.1 Å². The Morgan fingerprint density at radius 1 is 1.29 bits per heavy atom. The number of aromatic nitrogens is 3. The molecule has 1 aliphatic carbocycles. The lowest BCUT2D eigenvalue weighted by atomic mass is 9.89. The lowest BCUT2D eigenvalue weighted by Gasteiger charge is -2.21. The van der Waals surface area contributed by atoms with E-state index in [1.165, 1.54) is 11.0 Å². The Labute approximate surface area is 100 Å². The molecule has 0 bridgehead atoms. The molecule has 1 heterocycles. The largest absolute Gasteiger partial charge is 0.368 e. The molecule has 17 heavy (non-hydrogen) atoms. The van der Waals surface area contributed by atoms with Gasteiger partial charge in [0.25, 0.3) is 5.16 Å². The van der Waals surface area contributed by atoms with Crippen molar-refractivity contribution in [2.45, 2.75) is 56.6 Å². The van der Waals surface area contributed by atoms with Gasteiger partial charge >= 0.3 is 10.2 Å². The van der Waals surface area contributed by atoms with Crippen molar-refractivity contribution in [1.82, 2.24) is 14.8 Å². The third kappa shape index (κ3) is 2.48. The van der Waals surface area contributed by atoms with Crippen molar-refractivity contribution in [2.24, 2.45) is 0 Å². The van der Waals surface area contributed by atoms with Gasteiger partial charge in [0.1, 0.15) is 5.82 Å². The normalized spacial score (nSPS) is 18.5. The molecule has 2 rings (SSSR count). The van der Waals surface area contributed by atoms with Crippen molar-refractivity contribution in [1.29, 1.82) is 0 Å². The molecule has 0 N–H and O–H groups in total. The number of hydrogen-bond donors (Lipinski definition) is 0. The fourth-order valence-electron chi connectivity index (χ4n) is 2.44. The number of nitrogens with zero attached hydrogens (tertiary/aromatic N) is 3. The summed E-state index contributed by atoms with van der Waals surface area (Å²) in [7, 11) is -4.77. The number of halogens is 1. The summed E-state index contributed by atoms with van der Waals surface area (Å²) >= 11 is 0. The topological polar surface area (TPSA) is 64.8 Å². The monoisotopic (exact) mass is 261 g/mol. The second-order valence-corrected chi connectivity index (χ2v) is 5.60. The maximum Gasteiger partial charge on any atom is 0.368 e. The second-order valence-electron chi connectivity index (χ2n) is 4.36. The van der Waals surface area contributed by atoms with Gasteiger partial charge in [-0.2, -0.15) is 8.42 Å². The van der Waals surface area contributed by atoms with Crippen LogP contribution in [0.2, 0.25) is 0 Å². The van der Waals surface area contributed by atoms with Gasteiger partial charge in [-0.25, -0.2) is 0 Å². The van der Waals surface area contributed by atoms with E-state index < -0.39 is 15.4 Å². The van der Waals surface area contributed by atoms with Crippen molar-refractivity contribution < 1.29 is 12.3 Å². The average molecular weight is 261 g/mol. The van der Waals surface area contributed by atoms with E-state index in [1.807, 2.05) is 0 Å². The molecule has 0 aliphatic heterocycles. The first-order valence-electron chi connectivity index (χ1n) is 5.91. The fourth-order valence-corrected chi connectivity index (χ4v) is 3.06. The first-order chi connectivity index (χ1) is 8.04. The van der Waals surface area contributed by atoms with E-state index in [2.05, 4.69) is 10.2 Å². The van der Waals surface area contributed by atoms with E-state index in [0.29, 0.717) is 12.4 Å². The molecule has 0 radical (unpaired) electrons. The molecule has 0 aromatic carbocycles. The molecule has 0 unspecified atom stereocenters. The molecule has 96 valence electrons. The van der Waals surface area contributed by atoms with Crippen molar-refractivity contribution in [2.75, 3.05) is 0 Å². The predicted octanol–water partition coefficient (Wildman–Crippen LogP) is 2.00. The van der Waals surface area contributed by atoms with E-state index in [4.69, 9.17) is 0 Å². The first kappa shape index (κ1) is 12.5. The lowest BCUT2D eigenvalue weighted by molar-refractivity contribution is 0.411. The third-order valence-electron chi connectivity index (χ3n) is 3.25. The molecule has 0 amide bonds. The molecule has 7 heteroatoms. The Morgan fingerprint density at radius 3 is 2.47 bits per heavy atom. The summed E-state index contributed by atoms with van der Waals surface area (Å²) in [6, 6.07) is 0. The van der Waals surface area contributed by atoms with Crippen LogP contribution in [0.1, 0.15) is 50.8 Å². The predicted molar refractivity (Wildman–Crippen MR) is 59.8 cm³/mol. The van der Waals surface area contributed by atoms with Crippen LogP contribution < -0.4 is 0 Å². The van der Waals surface area contributed by atoms with E-state index in [-0.39, 0.29) is 5.92 Å². The van der Waals surface area contributed by atoms with Crippen LogP contribution in [0, 0.1) is 0 Å². The Balaban J connectivity index is 2.38. The molecule has 0 atom stereocenters. The van der Waals surface area contributed by atoms with E-state index in [9.17, 15) is 12.3 Å². The zero-order valence-corrected chi connectivity index (χ0v) is 10.6. The van der Waals surface area contributed by atoms with Crippen LogP contribution in [-0.2, 0) is 16.8 Å². The van der Waals surface area contributed by atoms with Crippen molar-refractivity contribution in [3.63, 3.8) is 0 Å². The Morgan fingerprint density at radius 2 is 1.94 bits per heavy atom. The van der Waals surface area contributed by atoms with Crippen LogP contribution in [0.25, 0.3) is 0 Å². The van der Waals surface area contributed by atoms with Crippen LogP contribution in [-0.4, -0.2) is 23.2 Å². The zero-order valence-electron chi connectivity index (χ0n) is 9.76. The Hall–Kier alpha value is -0.980. The summed E-state index contributed by atoms with van der Waals surface area (Å²) < 4.78 is 36.2. The summed E-state index contributed by atoms with van der Waals surface area (Å²) in [5.41, 5.74) is 0. The minimum atomic E-state index is -4.77. The maximum atomic E-state index is 13.0. The molecular formula is C10H16FN3O2S. The van der Waals surface area contributed by atoms with Gasteiger partial charge in [0.05, 0.1) is 0 Å². The minimum Gasteiger partial charge on any atom is -0.300 e. The van der Waals surface area contributed by atoms with E-state index >= 15 is 0 Å². The van der Waals surface area contributed by atoms with Gasteiger partial charge < -0.3 is 0 Å². The van der Waals surface area contributed by atoms with Crippen molar-refractivity contribution >= 4 is 10.2 Å². The second kappa shape index (κ2) is 4.72.